The van der Waals surface area contributed by atoms with Crippen molar-refractivity contribution in [3.8, 4) is 0 Å². The Morgan fingerprint density at radius 3 is 2.16 bits per heavy atom. The normalized spacial score (nSPS) is 13.3. The minimum atomic E-state index is -4.44. The monoisotopic (exact) mass is 267 g/mol. The molecular weight excluding hydrogens is 255 g/mol. The summed E-state index contributed by atoms with van der Waals surface area (Å²) in [5, 5.41) is 10.1. The molecule has 19 heavy (non-hydrogen) atoms. The van der Waals surface area contributed by atoms with Crippen molar-refractivity contribution in [3.05, 3.63) is 65.2 Å². The van der Waals surface area contributed by atoms with E-state index in [0.29, 0.717) is 5.56 Å². The van der Waals surface area contributed by atoms with Crippen LogP contribution in [0.3, 0.4) is 0 Å². The summed E-state index contributed by atoms with van der Waals surface area (Å²) in [4.78, 5) is 0. The van der Waals surface area contributed by atoms with Crippen LogP contribution in [-0.2, 0) is 6.18 Å². The van der Waals surface area contributed by atoms with Gasteiger partial charge < -0.3 is 10.8 Å². The molecule has 0 radical (unpaired) electrons. The van der Waals surface area contributed by atoms with Gasteiger partial charge in [-0.1, -0.05) is 36.4 Å². The zero-order valence-electron chi connectivity index (χ0n) is 9.85. The first-order chi connectivity index (χ1) is 8.89. The van der Waals surface area contributed by atoms with Crippen LogP contribution in [0.4, 0.5) is 18.9 Å². The number of hydrogen-bond acceptors (Lipinski definition) is 2. The summed E-state index contributed by atoms with van der Waals surface area (Å²) in [5.41, 5.74) is 5.53. The lowest BCUT2D eigenvalue weighted by Gasteiger charge is -2.15. The Morgan fingerprint density at radius 1 is 1.00 bits per heavy atom. The molecule has 0 bridgehead atoms. The molecule has 1 unspecified atom stereocenters. The molecule has 2 aromatic carbocycles. The quantitative estimate of drug-likeness (QED) is 0.819. The van der Waals surface area contributed by atoms with Gasteiger partial charge in [0.15, 0.2) is 0 Å². The fourth-order valence-electron chi connectivity index (χ4n) is 1.81. The van der Waals surface area contributed by atoms with E-state index in [4.69, 9.17) is 5.73 Å². The number of alkyl halides is 3. The van der Waals surface area contributed by atoms with Crippen molar-refractivity contribution in [3.63, 3.8) is 0 Å². The van der Waals surface area contributed by atoms with E-state index in [1.807, 2.05) is 0 Å². The van der Waals surface area contributed by atoms with Crippen LogP contribution in [0.25, 0.3) is 0 Å². The summed E-state index contributed by atoms with van der Waals surface area (Å²) in [6.07, 6.45) is -5.48. The van der Waals surface area contributed by atoms with Gasteiger partial charge in [0.05, 0.1) is 5.56 Å². The van der Waals surface area contributed by atoms with Crippen molar-refractivity contribution < 1.29 is 18.3 Å². The third kappa shape index (κ3) is 2.88. The number of rotatable bonds is 2. The Balaban J connectivity index is 2.37. The van der Waals surface area contributed by atoms with E-state index < -0.39 is 17.8 Å². The minimum absolute atomic E-state index is 0.0776. The highest BCUT2D eigenvalue weighted by Crippen LogP contribution is 2.34. The molecule has 0 aliphatic heterocycles. The van der Waals surface area contributed by atoms with Gasteiger partial charge in [0.25, 0.3) is 0 Å². The first kappa shape index (κ1) is 13.4. The van der Waals surface area contributed by atoms with Crippen molar-refractivity contribution in [2.75, 3.05) is 5.73 Å². The van der Waals surface area contributed by atoms with Crippen LogP contribution in [0.1, 0.15) is 22.8 Å². The summed E-state index contributed by atoms with van der Waals surface area (Å²) >= 11 is 0. The summed E-state index contributed by atoms with van der Waals surface area (Å²) in [6.45, 7) is 0. The molecule has 0 fully saturated rings. The Morgan fingerprint density at radius 2 is 1.63 bits per heavy atom. The van der Waals surface area contributed by atoms with Crippen molar-refractivity contribution in [2.24, 2.45) is 0 Å². The van der Waals surface area contributed by atoms with Crippen LogP contribution >= 0.6 is 0 Å². The molecule has 2 aromatic rings. The Hall–Kier alpha value is -2.01. The third-order valence-corrected chi connectivity index (χ3v) is 2.82. The van der Waals surface area contributed by atoms with E-state index in [0.717, 1.165) is 12.1 Å². The Bertz CT molecular complexity index is 567. The standard InChI is InChI=1S/C14H12F3NO/c15-14(16,17)10-6-7-11(12(18)8-10)13(19)9-4-2-1-3-5-9/h1-8,13,19H,18H2. The van der Waals surface area contributed by atoms with Gasteiger partial charge in [0, 0.05) is 11.3 Å². The van der Waals surface area contributed by atoms with Gasteiger partial charge in [0.2, 0.25) is 0 Å². The maximum absolute atomic E-state index is 12.5. The molecule has 0 aliphatic rings. The average molecular weight is 267 g/mol. The van der Waals surface area contributed by atoms with Crippen molar-refractivity contribution in [1.29, 1.82) is 0 Å². The molecule has 5 heteroatoms. The van der Waals surface area contributed by atoms with E-state index in [-0.39, 0.29) is 11.3 Å². The van der Waals surface area contributed by atoms with E-state index in [2.05, 4.69) is 0 Å². The van der Waals surface area contributed by atoms with Crippen LogP contribution in [0.5, 0.6) is 0 Å². The molecule has 2 nitrogen and oxygen atoms in total. The largest absolute Gasteiger partial charge is 0.416 e. The van der Waals surface area contributed by atoms with E-state index in [1.54, 1.807) is 30.3 Å². The highest BCUT2D eigenvalue weighted by Gasteiger charge is 2.31. The smallest absolute Gasteiger partial charge is 0.398 e. The number of hydrogen-bond donors (Lipinski definition) is 2. The molecular formula is C14H12F3NO. The van der Waals surface area contributed by atoms with Gasteiger partial charge in [-0.25, -0.2) is 0 Å². The molecule has 3 N–H and O–H groups in total. The minimum Gasteiger partial charge on any atom is -0.398 e. The van der Waals surface area contributed by atoms with Crippen LogP contribution < -0.4 is 5.73 Å². The second kappa shape index (κ2) is 4.93. The molecule has 0 heterocycles. The predicted octanol–water partition coefficient (Wildman–Crippen LogP) is 3.37. The lowest BCUT2D eigenvalue weighted by Crippen LogP contribution is -2.09. The van der Waals surface area contributed by atoms with Crippen LogP contribution in [0, 0.1) is 0 Å². The van der Waals surface area contributed by atoms with Crippen molar-refractivity contribution in [1.82, 2.24) is 0 Å². The van der Waals surface area contributed by atoms with E-state index in [1.165, 1.54) is 6.07 Å². The van der Waals surface area contributed by atoms with Crippen LogP contribution in [-0.4, -0.2) is 5.11 Å². The highest BCUT2D eigenvalue weighted by atomic mass is 19.4. The van der Waals surface area contributed by atoms with Crippen LogP contribution in [0.15, 0.2) is 48.5 Å². The maximum Gasteiger partial charge on any atom is 0.416 e. The first-order valence-corrected chi connectivity index (χ1v) is 5.59. The summed E-state index contributed by atoms with van der Waals surface area (Å²) in [5.74, 6) is 0. The summed E-state index contributed by atoms with van der Waals surface area (Å²) in [6, 6.07) is 11.6. The predicted molar refractivity (Wildman–Crippen MR) is 66.4 cm³/mol. The zero-order valence-corrected chi connectivity index (χ0v) is 9.85. The molecule has 0 saturated carbocycles. The van der Waals surface area contributed by atoms with Crippen LogP contribution in [0.2, 0.25) is 0 Å². The molecule has 0 aliphatic carbocycles. The topological polar surface area (TPSA) is 46.2 Å². The van der Waals surface area contributed by atoms with Gasteiger partial charge in [-0.05, 0) is 17.7 Å². The average Bonchev–Trinajstić information content (AvgIpc) is 2.38. The number of nitrogen functional groups attached to an aromatic ring is 1. The van der Waals surface area contributed by atoms with E-state index >= 15 is 0 Å². The van der Waals surface area contributed by atoms with Gasteiger partial charge in [-0.3, -0.25) is 0 Å². The van der Waals surface area contributed by atoms with Gasteiger partial charge in [0.1, 0.15) is 6.10 Å². The Labute approximate surface area is 108 Å². The number of halogens is 3. The highest BCUT2D eigenvalue weighted by molar-refractivity contribution is 5.53. The van der Waals surface area contributed by atoms with Gasteiger partial charge >= 0.3 is 6.18 Å². The first-order valence-electron chi connectivity index (χ1n) is 5.59. The number of aliphatic hydroxyl groups excluding tert-OH is 1. The molecule has 0 aromatic heterocycles. The fraction of sp³-hybridized carbons (Fsp3) is 0.143. The molecule has 0 saturated heterocycles. The molecule has 2 rings (SSSR count). The van der Waals surface area contributed by atoms with Crippen molar-refractivity contribution in [2.45, 2.75) is 12.3 Å². The number of nitrogens with two attached hydrogens (primary N) is 1. The number of benzene rings is 2. The SMILES string of the molecule is Nc1cc(C(F)(F)F)ccc1C(O)c1ccccc1. The number of anilines is 1. The van der Waals surface area contributed by atoms with E-state index in [9.17, 15) is 18.3 Å². The van der Waals surface area contributed by atoms with Crippen molar-refractivity contribution >= 4 is 5.69 Å². The summed E-state index contributed by atoms with van der Waals surface area (Å²) < 4.78 is 37.5. The summed E-state index contributed by atoms with van der Waals surface area (Å²) in [7, 11) is 0. The molecule has 1 atom stereocenters. The lowest BCUT2D eigenvalue weighted by atomic mass is 9.98. The fourth-order valence-corrected chi connectivity index (χ4v) is 1.81. The van der Waals surface area contributed by atoms with Gasteiger partial charge in [-0.15, -0.1) is 0 Å². The molecule has 100 valence electrons. The maximum atomic E-state index is 12.5. The molecule has 0 amide bonds. The lowest BCUT2D eigenvalue weighted by molar-refractivity contribution is -0.137. The third-order valence-electron chi connectivity index (χ3n) is 2.82. The Kier molecular flexibility index (Phi) is 3.48. The second-order valence-electron chi connectivity index (χ2n) is 4.15. The second-order valence-corrected chi connectivity index (χ2v) is 4.15. The zero-order chi connectivity index (χ0) is 14.0. The number of aliphatic hydroxyl groups is 1. The van der Waals surface area contributed by atoms with Gasteiger partial charge in [-0.2, -0.15) is 13.2 Å². The molecule has 0 spiro atoms.